The Balaban J connectivity index is 2.01. The molecule has 2 atom stereocenters. The van der Waals surface area contributed by atoms with Gasteiger partial charge >= 0.3 is 0 Å². The smallest absolute Gasteiger partial charge is 0.226 e. The second-order valence-electron chi connectivity index (χ2n) is 7.15. The molecular weight excluding hydrogens is 342 g/mol. The Bertz CT molecular complexity index is 757. The van der Waals surface area contributed by atoms with Crippen LogP contribution in [0.4, 0.5) is 0 Å². The molecule has 1 aliphatic heterocycles. The van der Waals surface area contributed by atoms with Crippen molar-refractivity contribution in [3.63, 3.8) is 0 Å². The first-order valence-electron chi connectivity index (χ1n) is 9.80. The summed E-state index contributed by atoms with van der Waals surface area (Å²) in [7, 11) is 0. The molecule has 0 aromatic heterocycles. The van der Waals surface area contributed by atoms with Crippen molar-refractivity contribution in [1.29, 1.82) is 0 Å². The number of nitrogens with zero attached hydrogens (tertiary/aromatic N) is 1. The highest BCUT2D eigenvalue weighted by Crippen LogP contribution is 2.39. The van der Waals surface area contributed by atoms with Crippen LogP contribution in [0.3, 0.4) is 0 Å². The summed E-state index contributed by atoms with van der Waals surface area (Å²) >= 11 is 6.55. The van der Waals surface area contributed by atoms with Gasteiger partial charge in [-0.2, -0.15) is 0 Å². The van der Waals surface area contributed by atoms with Crippen molar-refractivity contribution in [2.45, 2.75) is 52.0 Å². The number of fused-ring (bicyclic) bond motifs is 1. The normalized spacial score (nSPS) is 17.7. The number of carbonyl (C=O) groups excluding carboxylic acids is 1. The van der Waals surface area contributed by atoms with Gasteiger partial charge in [0.1, 0.15) is 0 Å². The summed E-state index contributed by atoms with van der Waals surface area (Å²) in [6.07, 6.45) is 5.00. The molecule has 26 heavy (non-hydrogen) atoms. The summed E-state index contributed by atoms with van der Waals surface area (Å²) in [5.41, 5.74) is 3.56. The Labute approximate surface area is 162 Å². The summed E-state index contributed by atoms with van der Waals surface area (Å²) in [4.78, 5) is 15.5. The Morgan fingerprint density at radius 2 is 1.81 bits per heavy atom. The Morgan fingerprint density at radius 1 is 1.12 bits per heavy atom. The molecular formula is C23H28ClNO. The van der Waals surface area contributed by atoms with Crippen molar-refractivity contribution >= 4 is 17.5 Å². The van der Waals surface area contributed by atoms with E-state index in [-0.39, 0.29) is 17.9 Å². The van der Waals surface area contributed by atoms with Gasteiger partial charge in [-0.1, -0.05) is 80.8 Å². The van der Waals surface area contributed by atoms with Crippen molar-refractivity contribution in [3.05, 3.63) is 70.2 Å². The Kier molecular flexibility index (Phi) is 6.37. The van der Waals surface area contributed by atoms with Gasteiger partial charge in [0.05, 0.1) is 6.04 Å². The fourth-order valence-electron chi connectivity index (χ4n) is 4.02. The lowest BCUT2D eigenvalue weighted by molar-refractivity contribution is -0.138. The molecule has 0 spiro atoms. The van der Waals surface area contributed by atoms with Crippen LogP contribution in [-0.4, -0.2) is 17.4 Å². The third-order valence-corrected chi connectivity index (χ3v) is 5.86. The molecule has 0 bridgehead atoms. The topological polar surface area (TPSA) is 20.3 Å². The van der Waals surface area contributed by atoms with Crippen molar-refractivity contribution in [3.8, 4) is 0 Å². The van der Waals surface area contributed by atoms with Crippen molar-refractivity contribution < 1.29 is 4.79 Å². The molecule has 2 nitrogen and oxygen atoms in total. The molecule has 0 N–H and O–H groups in total. The molecule has 2 unspecified atom stereocenters. The van der Waals surface area contributed by atoms with Gasteiger partial charge in [-0.25, -0.2) is 0 Å². The Morgan fingerprint density at radius 3 is 2.50 bits per heavy atom. The summed E-state index contributed by atoms with van der Waals surface area (Å²) in [6.45, 7) is 5.07. The molecule has 0 fully saturated rings. The van der Waals surface area contributed by atoms with Gasteiger partial charge in [-0.15, -0.1) is 0 Å². The second-order valence-corrected chi connectivity index (χ2v) is 7.56. The van der Waals surface area contributed by atoms with Crippen molar-refractivity contribution in [2.24, 2.45) is 5.92 Å². The van der Waals surface area contributed by atoms with E-state index in [1.54, 1.807) is 0 Å². The minimum absolute atomic E-state index is 0.0863. The molecule has 3 rings (SSSR count). The molecule has 138 valence electrons. The first kappa shape index (κ1) is 19.0. The van der Waals surface area contributed by atoms with E-state index in [4.69, 9.17) is 11.6 Å². The van der Waals surface area contributed by atoms with E-state index in [0.29, 0.717) is 0 Å². The number of hydrogen-bond donors (Lipinski definition) is 0. The molecule has 0 saturated heterocycles. The maximum atomic E-state index is 13.4. The number of amides is 1. The van der Waals surface area contributed by atoms with E-state index < -0.39 is 0 Å². The minimum atomic E-state index is -0.0863. The summed E-state index contributed by atoms with van der Waals surface area (Å²) < 4.78 is 0. The monoisotopic (exact) mass is 369 g/mol. The molecule has 2 aromatic rings. The lowest BCUT2D eigenvalue weighted by atomic mass is 9.86. The molecule has 0 saturated carbocycles. The van der Waals surface area contributed by atoms with Gasteiger partial charge in [-0.3, -0.25) is 4.79 Å². The SMILES string of the molecule is CCCCC(CC)C(=O)N1CCc2ccccc2C1c1ccccc1Cl. The number of benzene rings is 2. The Hall–Kier alpha value is -1.80. The largest absolute Gasteiger partial charge is 0.331 e. The van der Waals surface area contributed by atoms with Crippen LogP contribution < -0.4 is 0 Å². The maximum Gasteiger partial charge on any atom is 0.226 e. The minimum Gasteiger partial charge on any atom is -0.331 e. The number of carbonyl (C=O) groups is 1. The van der Waals surface area contributed by atoms with Gasteiger partial charge in [-0.05, 0) is 42.0 Å². The van der Waals surface area contributed by atoms with Crippen LogP contribution in [0.5, 0.6) is 0 Å². The van der Waals surface area contributed by atoms with Crippen LogP contribution in [0.2, 0.25) is 5.02 Å². The van der Waals surface area contributed by atoms with Gasteiger partial charge < -0.3 is 4.90 Å². The van der Waals surface area contributed by atoms with Crippen molar-refractivity contribution in [1.82, 2.24) is 4.90 Å². The molecule has 0 aliphatic carbocycles. The van der Waals surface area contributed by atoms with Crippen molar-refractivity contribution in [2.75, 3.05) is 6.54 Å². The number of hydrogen-bond acceptors (Lipinski definition) is 1. The van der Waals surface area contributed by atoms with Crippen LogP contribution in [-0.2, 0) is 11.2 Å². The first-order valence-corrected chi connectivity index (χ1v) is 10.2. The first-order chi connectivity index (χ1) is 12.7. The predicted octanol–water partition coefficient (Wildman–Crippen LogP) is 6.03. The molecule has 3 heteroatoms. The highest BCUT2D eigenvalue weighted by Gasteiger charge is 2.35. The van der Waals surface area contributed by atoms with E-state index in [1.165, 1.54) is 11.1 Å². The zero-order valence-electron chi connectivity index (χ0n) is 15.7. The van der Waals surface area contributed by atoms with E-state index in [9.17, 15) is 4.79 Å². The van der Waals surface area contributed by atoms with Crippen LogP contribution in [0.15, 0.2) is 48.5 Å². The number of unbranched alkanes of at least 4 members (excludes halogenated alkanes) is 1. The van der Waals surface area contributed by atoms with Crippen LogP contribution in [0.25, 0.3) is 0 Å². The fraction of sp³-hybridized carbons (Fsp3) is 0.435. The zero-order valence-corrected chi connectivity index (χ0v) is 16.5. The van der Waals surface area contributed by atoms with Gasteiger partial charge in [0.15, 0.2) is 0 Å². The molecule has 2 aromatic carbocycles. The summed E-state index contributed by atoms with van der Waals surface area (Å²) in [6, 6.07) is 16.3. The predicted molar refractivity (Wildman–Crippen MR) is 108 cm³/mol. The van der Waals surface area contributed by atoms with Crippen LogP contribution in [0, 0.1) is 5.92 Å². The van der Waals surface area contributed by atoms with Crippen LogP contribution in [0.1, 0.15) is 62.3 Å². The standard InChI is InChI=1S/C23H28ClNO/c1-3-5-10-17(4-2)23(26)25-16-15-18-11-6-7-12-19(18)22(25)20-13-8-9-14-21(20)24/h6-9,11-14,17,22H,3-5,10,15-16H2,1-2H3. The zero-order chi connectivity index (χ0) is 18.5. The number of rotatable bonds is 6. The highest BCUT2D eigenvalue weighted by molar-refractivity contribution is 6.31. The van der Waals surface area contributed by atoms with Gasteiger partial charge in [0.2, 0.25) is 5.91 Å². The summed E-state index contributed by atoms with van der Waals surface area (Å²) in [5, 5.41) is 0.730. The molecule has 1 aliphatic rings. The highest BCUT2D eigenvalue weighted by atomic mass is 35.5. The lowest BCUT2D eigenvalue weighted by Crippen LogP contribution is -2.43. The summed E-state index contributed by atoms with van der Waals surface area (Å²) in [5.74, 6) is 0.380. The quantitative estimate of drug-likeness (QED) is 0.608. The average molecular weight is 370 g/mol. The lowest BCUT2D eigenvalue weighted by Gasteiger charge is -2.40. The second kappa shape index (κ2) is 8.73. The van der Waals surface area contributed by atoms with Gasteiger partial charge in [0.25, 0.3) is 0 Å². The van der Waals surface area contributed by atoms with Crippen LogP contribution >= 0.6 is 11.6 Å². The van der Waals surface area contributed by atoms with E-state index in [2.05, 4.69) is 49.1 Å². The van der Waals surface area contributed by atoms with E-state index >= 15 is 0 Å². The average Bonchev–Trinajstić information content (AvgIpc) is 2.68. The molecule has 0 radical (unpaired) electrons. The maximum absolute atomic E-state index is 13.4. The molecule has 1 heterocycles. The third kappa shape index (κ3) is 3.81. The third-order valence-electron chi connectivity index (χ3n) is 5.51. The fourth-order valence-corrected chi connectivity index (χ4v) is 4.26. The van der Waals surface area contributed by atoms with Gasteiger partial charge in [0, 0.05) is 17.5 Å². The van der Waals surface area contributed by atoms with E-state index in [1.807, 2.05) is 18.2 Å². The van der Waals surface area contributed by atoms with E-state index in [0.717, 1.165) is 49.2 Å². The molecule has 1 amide bonds. The number of halogens is 1.